The normalized spacial score (nSPS) is 12.4. The van der Waals surface area contributed by atoms with E-state index in [9.17, 15) is 0 Å². The molecule has 10 rings (SSSR count). The average molecular weight is 742 g/mol. The van der Waals surface area contributed by atoms with Crippen LogP contribution in [0.15, 0.2) is 224 Å². The van der Waals surface area contributed by atoms with E-state index in [1.807, 2.05) is 0 Å². The Morgan fingerprint density at radius 1 is 0.293 bits per heavy atom. The number of nitrogens with zero attached hydrogens (tertiary/aromatic N) is 1. The van der Waals surface area contributed by atoms with Crippen LogP contribution in [0.1, 0.15) is 25.0 Å². The third-order valence-corrected chi connectivity index (χ3v) is 11.9. The molecule has 0 saturated heterocycles. The smallest absolute Gasteiger partial charge is 0.0546 e. The van der Waals surface area contributed by atoms with E-state index in [1.165, 1.54) is 77.9 Å². The molecule has 0 atom stereocenters. The van der Waals surface area contributed by atoms with Crippen molar-refractivity contribution in [2.75, 3.05) is 4.90 Å². The highest BCUT2D eigenvalue weighted by atomic mass is 15.1. The minimum absolute atomic E-state index is 0.143. The summed E-state index contributed by atoms with van der Waals surface area (Å²) in [6.07, 6.45) is 0. The topological polar surface area (TPSA) is 3.24 Å². The lowest BCUT2D eigenvalue weighted by Crippen LogP contribution is -2.17. The molecule has 0 N–H and O–H groups in total. The third kappa shape index (κ3) is 6.22. The summed E-state index contributed by atoms with van der Waals surface area (Å²) in [4.78, 5) is 2.48. The average Bonchev–Trinajstić information content (AvgIpc) is 3.53. The first-order chi connectivity index (χ1) is 28.5. The monoisotopic (exact) mass is 741 g/mol. The van der Waals surface area contributed by atoms with Crippen molar-refractivity contribution in [3.63, 3.8) is 0 Å². The van der Waals surface area contributed by atoms with Gasteiger partial charge in [0.05, 0.1) is 5.69 Å². The molecule has 0 bridgehead atoms. The standard InChI is InChI=1S/C57H43N/c1-57(2)53-30-15-14-27-50(53)51-37-36-47(39-54(51)57)58(46-34-32-41(33-35-46)45-25-16-24-44(38-45)40-18-6-3-7-19-40)55-31-17-29-49(43-22-10-5-11-23-43)56(55)52-28-13-12-26-48(52)42-20-8-4-9-21-42/h3-39H,1-2H3. The minimum atomic E-state index is -0.143. The zero-order valence-corrected chi connectivity index (χ0v) is 32.8. The number of rotatable bonds is 8. The van der Waals surface area contributed by atoms with Crippen molar-refractivity contribution in [3.05, 3.63) is 236 Å². The summed E-state index contributed by atoms with van der Waals surface area (Å²) in [5, 5.41) is 0. The highest BCUT2D eigenvalue weighted by Gasteiger charge is 2.36. The van der Waals surface area contributed by atoms with Gasteiger partial charge in [-0.3, -0.25) is 0 Å². The van der Waals surface area contributed by atoms with Crippen molar-refractivity contribution < 1.29 is 0 Å². The molecule has 9 aromatic carbocycles. The Balaban J connectivity index is 1.20. The summed E-state index contributed by atoms with van der Waals surface area (Å²) in [6, 6.07) is 81.9. The maximum absolute atomic E-state index is 2.48. The van der Waals surface area contributed by atoms with E-state index < -0.39 is 0 Å². The molecule has 0 fully saturated rings. The van der Waals surface area contributed by atoms with Crippen LogP contribution in [0.3, 0.4) is 0 Å². The summed E-state index contributed by atoms with van der Waals surface area (Å²) in [5.41, 5.74) is 20.5. The van der Waals surface area contributed by atoms with E-state index >= 15 is 0 Å². The van der Waals surface area contributed by atoms with Crippen LogP contribution >= 0.6 is 0 Å². The molecule has 0 heterocycles. The van der Waals surface area contributed by atoms with Crippen LogP contribution in [-0.2, 0) is 5.41 Å². The first-order valence-corrected chi connectivity index (χ1v) is 20.2. The van der Waals surface area contributed by atoms with Crippen LogP contribution in [0.25, 0.3) is 66.8 Å². The van der Waals surface area contributed by atoms with Gasteiger partial charge in [-0.2, -0.15) is 0 Å². The molecule has 58 heavy (non-hydrogen) atoms. The molecule has 1 heteroatoms. The number of fused-ring (bicyclic) bond motifs is 3. The predicted molar refractivity (Wildman–Crippen MR) is 246 cm³/mol. The molecule has 1 aliphatic carbocycles. The van der Waals surface area contributed by atoms with Crippen LogP contribution in [0.5, 0.6) is 0 Å². The van der Waals surface area contributed by atoms with Gasteiger partial charge in [0.2, 0.25) is 0 Å². The van der Waals surface area contributed by atoms with E-state index in [1.54, 1.807) is 0 Å². The minimum Gasteiger partial charge on any atom is -0.310 e. The van der Waals surface area contributed by atoms with Crippen molar-refractivity contribution in [3.8, 4) is 66.8 Å². The highest BCUT2D eigenvalue weighted by Crippen LogP contribution is 2.52. The summed E-state index contributed by atoms with van der Waals surface area (Å²) in [6.45, 7) is 4.73. The van der Waals surface area contributed by atoms with Crippen LogP contribution in [0, 0.1) is 0 Å². The fraction of sp³-hybridized carbons (Fsp3) is 0.0526. The second kappa shape index (κ2) is 14.7. The quantitative estimate of drug-likeness (QED) is 0.150. The maximum atomic E-state index is 2.48. The van der Waals surface area contributed by atoms with Crippen molar-refractivity contribution in [2.45, 2.75) is 19.3 Å². The van der Waals surface area contributed by atoms with Gasteiger partial charge in [-0.05, 0) is 109 Å². The lowest BCUT2D eigenvalue weighted by molar-refractivity contribution is 0.660. The Hall–Kier alpha value is -7.22. The Bertz CT molecular complexity index is 2890. The molecular weight excluding hydrogens is 699 g/mol. The van der Waals surface area contributed by atoms with Gasteiger partial charge in [-0.1, -0.05) is 202 Å². The van der Waals surface area contributed by atoms with Gasteiger partial charge < -0.3 is 4.90 Å². The Labute approximate surface area is 342 Å². The Morgan fingerprint density at radius 3 is 1.43 bits per heavy atom. The molecule has 276 valence electrons. The van der Waals surface area contributed by atoms with Gasteiger partial charge in [-0.15, -0.1) is 0 Å². The summed E-state index contributed by atoms with van der Waals surface area (Å²) in [5.74, 6) is 0. The van der Waals surface area contributed by atoms with Gasteiger partial charge in [0, 0.05) is 22.4 Å². The third-order valence-electron chi connectivity index (χ3n) is 11.9. The lowest BCUT2D eigenvalue weighted by Gasteiger charge is -2.31. The largest absolute Gasteiger partial charge is 0.310 e. The summed E-state index contributed by atoms with van der Waals surface area (Å²) in [7, 11) is 0. The number of hydrogen-bond acceptors (Lipinski definition) is 1. The van der Waals surface area contributed by atoms with Gasteiger partial charge >= 0.3 is 0 Å². The predicted octanol–water partition coefficient (Wildman–Crippen LogP) is 15.8. The number of hydrogen-bond donors (Lipinski definition) is 0. The van der Waals surface area contributed by atoms with Gasteiger partial charge in [0.15, 0.2) is 0 Å². The lowest BCUT2D eigenvalue weighted by atomic mass is 9.82. The van der Waals surface area contributed by atoms with Crippen molar-refractivity contribution in [2.24, 2.45) is 0 Å². The van der Waals surface area contributed by atoms with Crippen molar-refractivity contribution >= 4 is 17.1 Å². The van der Waals surface area contributed by atoms with E-state index in [0.717, 1.165) is 17.1 Å². The first-order valence-electron chi connectivity index (χ1n) is 20.2. The van der Waals surface area contributed by atoms with E-state index in [0.29, 0.717) is 0 Å². The second-order valence-electron chi connectivity index (χ2n) is 15.7. The van der Waals surface area contributed by atoms with E-state index in [-0.39, 0.29) is 5.41 Å². The molecule has 1 aliphatic rings. The van der Waals surface area contributed by atoms with Crippen molar-refractivity contribution in [1.29, 1.82) is 0 Å². The maximum Gasteiger partial charge on any atom is 0.0546 e. The van der Waals surface area contributed by atoms with Crippen LogP contribution in [0.4, 0.5) is 17.1 Å². The molecule has 0 aliphatic heterocycles. The SMILES string of the molecule is CC1(C)c2ccccc2-c2ccc(N(c3ccc(-c4cccc(-c5ccccc5)c4)cc3)c3cccc(-c4ccccc4)c3-c3ccccc3-c3ccccc3)cc21. The zero-order chi connectivity index (χ0) is 39.1. The molecular formula is C57H43N. The number of anilines is 3. The highest BCUT2D eigenvalue weighted by molar-refractivity contribution is 6.01. The van der Waals surface area contributed by atoms with E-state index in [4.69, 9.17) is 0 Å². The molecule has 0 aromatic heterocycles. The first kappa shape index (κ1) is 35.2. The molecule has 0 radical (unpaired) electrons. The van der Waals surface area contributed by atoms with Crippen LogP contribution < -0.4 is 4.90 Å². The van der Waals surface area contributed by atoms with E-state index in [2.05, 4.69) is 243 Å². The molecule has 0 spiro atoms. The molecule has 0 amide bonds. The molecule has 0 saturated carbocycles. The number of benzene rings is 9. The van der Waals surface area contributed by atoms with Crippen LogP contribution in [0.2, 0.25) is 0 Å². The summed E-state index contributed by atoms with van der Waals surface area (Å²) < 4.78 is 0. The molecule has 9 aromatic rings. The Morgan fingerprint density at radius 2 is 0.759 bits per heavy atom. The van der Waals surface area contributed by atoms with Gasteiger partial charge in [0.25, 0.3) is 0 Å². The van der Waals surface area contributed by atoms with Gasteiger partial charge in [0.1, 0.15) is 0 Å². The van der Waals surface area contributed by atoms with Crippen molar-refractivity contribution in [1.82, 2.24) is 0 Å². The Kier molecular flexibility index (Phi) is 8.92. The second-order valence-corrected chi connectivity index (χ2v) is 15.7. The fourth-order valence-corrected chi connectivity index (χ4v) is 9.01. The fourth-order valence-electron chi connectivity index (χ4n) is 9.01. The van der Waals surface area contributed by atoms with Gasteiger partial charge in [-0.25, -0.2) is 0 Å². The summed E-state index contributed by atoms with van der Waals surface area (Å²) >= 11 is 0. The molecule has 1 nitrogen and oxygen atoms in total. The van der Waals surface area contributed by atoms with Crippen LogP contribution in [-0.4, -0.2) is 0 Å². The molecule has 0 unspecified atom stereocenters. The zero-order valence-electron chi connectivity index (χ0n) is 32.8.